The Balaban J connectivity index is 0.00000264. The van der Waals surface area contributed by atoms with Crippen LogP contribution in [-0.4, -0.2) is 31.7 Å². The van der Waals surface area contributed by atoms with Crippen LogP contribution in [0.25, 0.3) is 0 Å². The van der Waals surface area contributed by atoms with Crippen LogP contribution in [0.2, 0.25) is 0 Å². The predicted molar refractivity (Wildman–Crippen MR) is 93.7 cm³/mol. The topological polar surface area (TPSA) is 89.3 Å². The van der Waals surface area contributed by atoms with E-state index in [4.69, 9.17) is 5.73 Å². The van der Waals surface area contributed by atoms with E-state index >= 15 is 0 Å². The van der Waals surface area contributed by atoms with Crippen LogP contribution in [0.15, 0.2) is 29.2 Å². The van der Waals surface area contributed by atoms with Crippen LogP contribution in [-0.2, 0) is 9.84 Å². The molecule has 0 aliphatic heterocycles. The van der Waals surface area contributed by atoms with Gasteiger partial charge >= 0.3 is 0 Å². The maximum absolute atomic E-state index is 12.5. The van der Waals surface area contributed by atoms with Gasteiger partial charge < -0.3 is 11.1 Å². The van der Waals surface area contributed by atoms with Crippen LogP contribution >= 0.6 is 12.4 Å². The van der Waals surface area contributed by atoms with Gasteiger partial charge in [-0.3, -0.25) is 4.79 Å². The molecule has 5 nitrogen and oxygen atoms in total. The normalized spacial score (nSPS) is 16.0. The molecular formula is C16H25ClN2O3S. The quantitative estimate of drug-likeness (QED) is 0.843. The number of nitrogens with two attached hydrogens (primary N) is 1. The van der Waals surface area contributed by atoms with Crippen molar-refractivity contribution < 1.29 is 13.2 Å². The standard InChI is InChI=1S/C16H24N2O3S.ClH/c1-16(2,11-17)18-15(19)12-7-9-14(10-8-12)22(20,21)13-5-3-4-6-13;/h7-10,13H,3-6,11,17H2,1-2H3,(H,18,19);1H. The van der Waals surface area contributed by atoms with E-state index in [0.717, 1.165) is 25.7 Å². The Labute approximate surface area is 144 Å². The second kappa shape index (κ2) is 7.64. The fourth-order valence-corrected chi connectivity index (χ4v) is 4.47. The lowest BCUT2D eigenvalue weighted by molar-refractivity contribution is 0.0915. The highest BCUT2D eigenvalue weighted by atomic mass is 35.5. The zero-order chi connectivity index (χ0) is 16.4. The van der Waals surface area contributed by atoms with Crippen LogP contribution in [0.3, 0.4) is 0 Å². The van der Waals surface area contributed by atoms with Gasteiger partial charge in [-0.2, -0.15) is 0 Å². The molecule has 1 aliphatic rings. The van der Waals surface area contributed by atoms with Crippen molar-refractivity contribution in [3.8, 4) is 0 Å². The summed E-state index contributed by atoms with van der Waals surface area (Å²) in [4.78, 5) is 12.4. The molecule has 3 N–H and O–H groups in total. The third-order valence-electron chi connectivity index (χ3n) is 4.15. The Morgan fingerprint density at radius 2 is 1.74 bits per heavy atom. The van der Waals surface area contributed by atoms with E-state index in [1.54, 1.807) is 12.1 Å². The summed E-state index contributed by atoms with van der Waals surface area (Å²) in [5, 5.41) is 2.55. The first kappa shape index (κ1) is 19.9. The van der Waals surface area contributed by atoms with Crippen molar-refractivity contribution in [2.24, 2.45) is 5.73 Å². The number of carbonyl (C=O) groups is 1. The van der Waals surface area contributed by atoms with Gasteiger partial charge in [0, 0.05) is 17.6 Å². The third-order valence-corrected chi connectivity index (χ3v) is 6.43. The minimum Gasteiger partial charge on any atom is -0.346 e. The van der Waals surface area contributed by atoms with Crippen molar-refractivity contribution in [3.05, 3.63) is 29.8 Å². The Hall–Kier alpha value is -1.11. The molecule has 0 saturated heterocycles. The van der Waals surface area contributed by atoms with Gasteiger partial charge in [-0.15, -0.1) is 12.4 Å². The molecule has 0 spiro atoms. The average molecular weight is 361 g/mol. The lowest BCUT2D eigenvalue weighted by atomic mass is 10.1. The molecule has 23 heavy (non-hydrogen) atoms. The molecule has 0 bridgehead atoms. The van der Waals surface area contributed by atoms with Gasteiger partial charge in [-0.05, 0) is 51.0 Å². The average Bonchev–Trinajstić information content (AvgIpc) is 3.02. The number of benzene rings is 1. The van der Waals surface area contributed by atoms with Crippen molar-refractivity contribution >= 4 is 28.2 Å². The van der Waals surface area contributed by atoms with Gasteiger partial charge in [0.2, 0.25) is 0 Å². The number of hydrogen-bond acceptors (Lipinski definition) is 4. The largest absolute Gasteiger partial charge is 0.346 e. The Morgan fingerprint density at radius 3 is 2.22 bits per heavy atom. The van der Waals surface area contributed by atoms with Crippen LogP contribution in [0.1, 0.15) is 49.9 Å². The number of nitrogens with one attached hydrogen (secondary N) is 1. The van der Waals surface area contributed by atoms with E-state index in [1.165, 1.54) is 12.1 Å². The van der Waals surface area contributed by atoms with Crippen LogP contribution in [0, 0.1) is 0 Å². The second-order valence-electron chi connectivity index (χ2n) is 6.52. The van der Waals surface area contributed by atoms with Gasteiger partial charge in [0.15, 0.2) is 9.84 Å². The number of hydrogen-bond donors (Lipinski definition) is 2. The fraction of sp³-hybridized carbons (Fsp3) is 0.562. The summed E-state index contributed by atoms with van der Waals surface area (Å²) < 4.78 is 24.9. The second-order valence-corrected chi connectivity index (χ2v) is 8.75. The molecule has 1 aromatic carbocycles. The van der Waals surface area contributed by atoms with E-state index in [1.807, 2.05) is 13.8 Å². The van der Waals surface area contributed by atoms with Crippen molar-refractivity contribution in [2.45, 2.75) is 55.2 Å². The summed E-state index contributed by atoms with van der Waals surface area (Å²) in [6.45, 7) is 4.00. The molecule has 1 fully saturated rings. The van der Waals surface area contributed by atoms with E-state index in [2.05, 4.69) is 5.32 Å². The minimum absolute atomic E-state index is 0. The molecule has 0 radical (unpaired) electrons. The first-order valence-corrected chi connectivity index (χ1v) is 9.17. The van der Waals surface area contributed by atoms with Crippen molar-refractivity contribution in [3.63, 3.8) is 0 Å². The van der Waals surface area contributed by atoms with E-state index in [9.17, 15) is 13.2 Å². The number of halogens is 1. The Kier molecular flexibility index (Phi) is 6.62. The van der Waals surface area contributed by atoms with Gasteiger partial charge in [-0.25, -0.2) is 8.42 Å². The lowest BCUT2D eigenvalue weighted by Gasteiger charge is -2.24. The molecule has 130 valence electrons. The van der Waals surface area contributed by atoms with Gasteiger partial charge in [0.05, 0.1) is 10.1 Å². The molecule has 0 heterocycles. The predicted octanol–water partition coefficient (Wildman–Crippen LogP) is 2.29. The van der Waals surface area contributed by atoms with Crippen LogP contribution in [0.4, 0.5) is 0 Å². The Bertz CT molecular complexity index is 636. The molecule has 1 amide bonds. The summed E-state index contributed by atoms with van der Waals surface area (Å²) >= 11 is 0. The lowest BCUT2D eigenvalue weighted by Crippen LogP contribution is -2.48. The maximum atomic E-state index is 12.5. The number of sulfone groups is 1. The van der Waals surface area contributed by atoms with Gasteiger partial charge in [0.25, 0.3) is 5.91 Å². The van der Waals surface area contributed by atoms with E-state index in [-0.39, 0.29) is 23.6 Å². The van der Waals surface area contributed by atoms with Crippen molar-refractivity contribution in [2.75, 3.05) is 6.54 Å². The molecule has 1 aliphatic carbocycles. The molecule has 1 saturated carbocycles. The first-order valence-electron chi connectivity index (χ1n) is 7.63. The molecule has 2 rings (SSSR count). The number of amides is 1. The SMILES string of the molecule is CC(C)(CN)NC(=O)c1ccc(S(=O)(=O)C2CCCC2)cc1.Cl. The summed E-state index contributed by atoms with van der Waals surface area (Å²) in [5.41, 5.74) is 5.53. The monoisotopic (exact) mass is 360 g/mol. The van der Waals surface area contributed by atoms with Crippen molar-refractivity contribution in [1.29, 1.82) is 0 Å². The Morgan fingerprint density at radius 1 is 1.22 bits per heavy atom. The summed E-state index contributed by atoms with van der Waals surface area (Å²) in [6.07, 6.45) is 3.40. The highest BCUT2D eigenvalue weighted by Crippen LogP contribution is 2.29. The number of carbonyl (C=O) groups excluding carboxylic acids is 1. The zero-order valence-corrected chi connectivity index (χ0v) is 15.2. The smallest absolute Gasteiger partial charge is 0.251 e. The maximum Gasteiger partial charge on any atom is 0.251 e. The van der Waals surface area contributed by atoms with Crippen molar-refractivity contribution in [1.82, 2.24) is 5.32 Å². The zero-order valence-electron chi connectivity index (χ0n) is 13.5. The van der Waals surface area contributed by atoms with E-state index in [0.29, 0.717) is 17.0 Å². The molecule has 0 unspecified atom stereocenters. The summed E-state index contributed by atoms with van der Waals surface area (Å²) in [5.74, 6) is -0.250. The number of rotatable bonds is 5. The summed E-state index contributed by atoms with van der Waals surface area (Å²) in [6, 6.07) is 6.17. The minimum atomic E-state index is -3.27. The highest BCUT2D eigenvalue weighted by Gasteiger charge is 2.30. The van der Waals surface area contributed by atoms with Gasteiger partial charge in [-0.1, -0.05) is 12.8 Å². The third kappa shape index (κ3) is 4.68. The molecule has 0 atom stereocenters. The molecule has 0 aromatic heterocycles. The molecule has 1 aromatic rings. The fourth-order valence-electron chi connectivity index (χ4n) is 2.62. The van der Waals surface area contributed by atoms with Crippen LogP contribution < -0.4 is 11.1 Å². The molecule has 7 heteroatoms. The van der Waals surface area contributed by atoms with E-state index < -0.39 is 15.4 Å². The van der Waals surface area contributed by atoms with Crippen LogP contribution in [0.5, 0.6) is 0 Å². The molecular weight excluding hydrogens is 336 g/mol. The summed E-state index contributed by atoms with van der Waals surface area (Å²) in [7, 11) is -3.27. The van der Waals surface area contributed by atoms with Gasteiger partial charge in [0.1, 0.15) is 0 Å². The first-order chi connectivity index (χ1) is 10.3. The highest BCUT2D eigenvalue weighted by molar-refractivity contribution is 7.92.